The van der Waals surface area contributed by atoms with Crippen molar-refractivity contribution in [3.8, 4) is 0 Å². The smallest absolute Gasteiger partial charge is 0.328 e. The lowest BCUT2D eigenvalue weighted by atomic mass is 10.1. The molecule has 8 nitrogen and oxygen atoms in total. The Balaban J connectivity index is 2.36. The Morgan fingerprint density at radius 2 is 1.67 bits per heavy atom. The molecule has 0 aliphatic rings. The number of aryl methyl sites for hydroxylation is 2. The Morgan fingerprint density at radius 1 is 1.00 bits per heavy atom. The molecule has 0 radical (unpaired) electrons. The number of hydrogen-bond acceptors (Lipinski definition) is 4. The molecule has 0 spiro atoms. The highest BCUT2D eigenvalue weighted by Crippen LogP contribution is 2.16. The van der Waals surface area contributed by atoms with Crippen molar-refractivity contribution >= 4 is 29.4 Å². The minimum atomic E-state index is -1.28. The number of aliphatic carboxylic acids is 1. The monoisotopic (exact) mass is 333 g/mol. The van der Waals surface area contributed by atoms with Gasteiger partial charge >= 0.3 is 5.97 Å². The van der Waals surface area contributed by atoms with Crippen LogP contribution < -0.4 is 16.2 Å². The van der Waals surface area contributed by atoms with Crippen molar-refractivity contribution in [1.29, 1.82) is 0 Å². The van der Waals surface area contributed by atoms with Crippen LogP contribution in [0.2, 0.25) is 0 Å². The van der Waals surface area contributed by atoms with Crippen LogP contribution >= 0.6 is 0 Å². The quantitative estimate of drug-likeness (QED) is 0.453. The Kier molecular flexibility index (Phi) is 7.15. The Hall–Kier alpha value is -3.16. The number of nitrogens with one attached hydrogen (secondary N) is 3. The predicted octanol–water partition coefficient (Wildman–Crippen LogP) is 0.810. The molecule has 1 aromatic carbocycles. The van der Waals surface area contributed by atoms with Crippen LogP contribution in [0.25, 0.3) is 0 Å². The summed E-state index contributed by atoms with van der Waals surface area (Å²) in [4.78, 5) is 44.7. The molecular weight excluding hydrogens is 314 g/mol. The lowest BCUT2D eigenvalue weighted by molar-refractivity contribution is -0.131. The number of rotatable bonds is 6. The maximum Gasteiger partial charge on any atom is 0.328 e. The van der Waals surface area contributed by atoms with Crippen molar-refractivity contribution < 1.29 is 24.3 Å². The van der Waals surface area contributed by atoms with Gasteiger partial charge in [-0.25, -0.2) is 4.79 Å². The highest BCUT2D eigenvalue weighted by Gasteiger charge is 2.09. The summed E-state index contributed by atoms with van der Waals surface area (Å²) >= 11 is 0. The van der Waals surface area contributed by atoms with Crippen LogP contribution in [0.15, 0.2) is 30.4 Å². The van der Waals surface area contributed by atoms with Crippen LogP contribution in [0.5, 0.6) is 0 Å². The van der Waals surface area contributed by atoms with E-state index in [4.69, 9.17) is 5.11 Å². The summed E-state index contributed by atoms with van der Waals surface area (Å²) in [6.45, 7) is 3.77. The van der Waals surface area contributed by atoms with E-state index >= 15 is 0 Å². The largest absolute Gasteiger partial charge is 0.478 e. The zero-order valence-electron chi connectivity index (χ0n) is 13.4. The third kappa shape index (κ3) is 7.21. The van der Waals surface area contributed by atoms with Crippen LogP contribution in [0.1, 0.15) is 24.0 Å². The highest BCUT2D eigenvalue weighted by molar-refractivity contribution is 5.96. The summed E-state index contributed by atoms with van der Waals surface area (Å²) in [6.07, 6.45) is 1.22. The lowest BCUT2D eigenvalue weighted by Gasteiger charge is -2.09. The average molecular weight is 333 g/mol. The third-order valence-corrected chi connectivity index (χ3v) is 2.95. The van der Waals surface area contributed by atoms with Gasteiger partial charge in [-0.15, -0.1) is 0 Å². The molecule has 24 heavy (non-hydrogen) atoms. The van der Waals surface area contributed by atoms with E-state index in [1.807, 2.05) is 37.5 Å². The number of hydrogen-bond donors (Lipinski definition) is 4. The van der Waals surface area contributed by atoms with E-state index in [9.17, 15) is 19.2 Å². The molecule has 1 rings (SSSR count). The first kappa shape index (κ1) is 18.9. The van der Waals surface area contributed by atoms with Gasteiger partial charge in [0.15, 0.2) is 0 Å². The minimum Gasteiger partial charge on any atom is -0.478 e. The summed E-state index contributed by atoms with van der Waals surface area (Å²) in [5, 5.41) is 11.1. The SMILES string of the molecule is Cc1ccc(C)c(NC(=O)CCC(=O)NNC(=O)/C=C/C(=O)O)c1. The van der Waals surface area contributed by atoms with Crippen molar-refractivity contribution in [3.05, 3.63) is 41.5 Å². The van der Waals surface area contributed by atoms with Gasteiger partial charge in [0, 0.05) is 30.7 Å². The molecule has 0 heterocycles. The molecule has 3 amide bonds. The number of hydrazine groups is 1. The van der Waals surface area contributed by atoms with Gasteiger partial charge in [-0.1, -0.05) is 12.1 Å². The topological polar surface area (TPSA) is 125 Å². The van der Waals surface area contributed by atoms with Crippen LogP contribution in [0.4, 0.5) is 5.69 Å². The van der Waals surface area contributed by atoms with Gasteiger partial charge in [0.05, 0.1) is 0 Å². The number of benzene rings is 1. The maximum absolute atomic E-state index is 11.8. The van der Waals surface area contributed by atoms with E-state index in [2.05, 4.69) is 10.7 Å². The van der Waals surface area contributed by atoms with Gasteiger partial charge < -0.3 is 10.4 Å². The number of carbonyl (C=O) groups is 4. The summed E-state index contributed by atoms with van der Waals surface area (Å²) < 4.78 is 0. The molecule has 0 fully saturated rings. The number of amides is 3. The molecular formula is C16H19N3O5. The van der Waals surface area contributed by atoms with Crippen molar-refractivity contribution in [1.82, 2.24) is 10.9 Å². The molecule has 0 unspecified atom stereocenters. The second-order valence-electron chi connectivity index (χ2n) is 5.08. The van der Waals surface area contributed by atoms with Gasteiger partial charge in [-0.2, -0.15) is 0 Å². The molecule has 8 heteroatoms. The van der Waals surface area contributed by atoms with Crippen molar-refractivity contribution in [2.45, 2.75) is 26.7 Å². The van der Waals surface area contributed by atoms with Crippen molar-refractivity contribution in [2.75, 3.05) is 5.32 Å². The van der Waals surface area contributed by atoms with E-state index in [1.54, 1.807) is 0 Å². The normalized spacial score (nSPS) is 10.2. The fourth-order valence-electron chi connectivity index (χ4n) is 1.69. The number of carboxylic acids is 1. The predicted molar refractivity (Wildman–Crippen MR) is 86.8 cm³/mol. The Labute approximate surface area is 138 Å². The van der Waals surface area contributed by atoms with Crippen LogP contribution in [-0.2, 0) is 19.2 Å². The summed E-state index contributed by atoms with van der Waals surface area (Å²) in [6, 6.07) is 5.65. The molecule has 0 atom stereocenters. The van der Waals surface area contributed by atoms with E-state index in [0.29, 0.717) is 11.8 Å². The summed E-state index contributed by atoms with van der Waals surface area (Å²) in [7, 11) is 0. The minimum absolute atomic E-state index is 0.0555. The zero-order chi connectivity index (χ0) is 18.1. The first-order valence-corrected chi connectivity index (χ1v) is 7.15. The lowest BCUT2D eigenvalue weighted by Crippen LogP contribution is -2.41. The number of anilines is 1. The summed E-state index contributed by atoms with van der Waals surface area (Å²) in [5.41, 5.74) is 6.70. The molecule has 4 N–H and O–H groups in total. The zero-order valence-corrected chi connectivity index (χ0v) is 13.4. The Bertz CT molecular complexity index is 682. The van der Waals surface area contributed by atoms with Gasteiger partial charge in [-0.3, -0.25) is 25.2 Å². The van der Waals surface area contributed by atoms with Crippen molar-refractivity contribution in [3.63, 3.8) is 0 Å². The molecule has 0 saturated heterocycles. The maximum atomic E-state index is 11.8. The highest BCUT2D eigenvalue weighted by atomic mass is 16.4. The summed E-state index contributed by atoms with van der Waals surface area (Å²) in [5.74, 6) is -2.95. The van der Waals surface area contributed by atoms with Crippen LogP contribution in [0, 0.1) is 13.8 Å². The third-order valence-electron chi connectivity index (χ3n) is 2.95. The first-order valence-electron chi connectivity index (χ1n) is 7.15. The van der Waals surface area contributed by atoms with E-state index in [1.165, 1.54) is 0 Å². The van der Waals surface area contributed by atoms with Crippen LogP contribution in [-0.4, -0.2) is 28.8 Å². The second kappa shape index (κ2) is 9.09. The average Bonchev–Trinajstić information content (AvgIpc) is 2.52. The molecule has 0 saturated carbocycles. The molecule has 1 aromatic rings. The molecule has 0 aliphatic heterocycles. The van der Waals surface area contributed by atoms with E-state index < -0.39 is 17.8 Å². The molecule has 128 valence electrons. The standard InChI is InChI=1S/C16H19N3O5/c1-10-3-4-11(2)12(9-10)17-13(20)5-6-14(21)18-19-15(22)7-8-16(23)24/h3-4,7-9H,5-6H2,1-2H3,(H,17,20)(H,18,21)(H,19,22)(H,23,24)/b8-7+. The van der Waals surface area contributed by atoms with Gasteiger partial charge in [0.1, 0.15) is 0 Å². The van der Waals surface area contributed by atoms with Crippen molar-refractivity contribution in [2.24, 2.45) is 0 Å². The van der Waals surface area contributed by atoms with Gasteiger partial charge in [0.2, 0.25) is 11.8 Å². The number of carboxylic acid groups (broad SMARTS) is 1. The first-order chi connectivity index (χ1) is 11.3. The van der Waals surface area contributed by atoms with Gasteiger partial charge in [-0.05, 0) is 31.0 Å². The van der Waals surface area contributed by atoms with E-state index in [0.717, 1.165) is 17.2 Å². The Morgan fingerprint density at radius 3 is 2.33 bits per heavy atom. The fraction of sp³-hybridized carbons (Fsp3) is 0.250. The fourth-order valence-corrected chi connectivity index (χ4v) is 1.69. The van der Waals surface area contributed by atoms with E-state index in [-0.39, 0.29) is 18.7 Å². The number of carbonyl (C=O) groups excluding carboxylic acids is 3. The second-order valence-corrected chi connectivity index (χ2v) is 5.08. The molecule has 0 aliphatic carbocycles. The van der Waals surface area contributed by atoms with Gasteiger partial charge in [0.25, 0.3) is 5.91 Å². The molecule has 0 bridgehead atoms. The molecule has 0 aromatic heterocycles. The van der Waals surface area contributed by atoms with Crippen LogP contribution in [0.3, 0.4) is 0 Å².